The molecule has 0 aromatic rings. The van der Waals surface area contributed by atoms with Gasteiger partial charge in [-0.25, -0.2) is 0 Å². The Morgan fingerprint density at radius 1 is 1.33 bits per heavy atom. The quantitative estimate of drug-likeness (QED) is 0.383. The molecule has 2 heteroatoms. The molecule has 1 saturated heterocycles. The van der Waals surface area contributed by atoms with E-state index in [2.05, 4.69) is 0 Å². The van der Waals surface area contributed by atoms with Gasteiger partial charge in [-0.3, -0.25) is 0 Å². The van der Waals surface area contributed by atoms with E-state index in [1.54, 1.807) is 0 Å². The van der Waals surface area contributed by atoms with Crippen molar-refractivity contribution in [2.24, 2.45) is 5.92 Å². The van der Waals surface area contributed by atoms with Gasteiger partial charge in [0.05, 0.1) is 12.2 Å². The Bertz CT molecular complexity index is 133. The molecule has 0 radical (unpaired) electrons. The van der Waals surface area contributed by atoms with Crippen LogP contribution >= 0.6 is 0 Å². The van der Waals surface area contributed by atoms with Crippen LogP contribution in [0.5, 0.6) is 0 Å². The lowest BCUT2D eigenvalue weighted by Gasteiger charge is -2.10. The highest BCUT2D eigenvalue weighted by Gasteiger charge is 2.43. The molecule has 2 rings (SSSR count). The summed E-state index contributed by atoms with van der Waals surface area (Å²) in [6.45, 7) is 0. The monoisotopic (exact) mass is 126 g/mol. The minimum atomic E-state index is 0.300. The van der Waals surface area contributed by atoms with Crippen molar-refractivity contribution in [1.82, 2.24) is 0 Å². The fourth-order valence-electron chi connectivity index (χ4n) is 1.56. The van der Waals surface area contributed by atoms with Gasteiger partial charge in [0.2, 0.25) is 0 Å². The van der Waals surface area contributed by atoms with Crippen LogP contribution in [0.1, 0.15) is 19.3 Å². The minimum Gasteiger partial charge on any atom is -0.370 e. The lowest BCUT2D eigenvalue weighted by Crippen LogP contribution is -2.13. The first kappa shape index (κ1) is 5.42. The van der Waals surface area contributed by atoms with E-state index in [1.165, 1.54) is 0 Å². The number of hydrogen-bond donors (Lipinski definition) is 0. The van der Waals surface area contributed by atoms with E-state index in [4.69, 9.17) is 4.74 Å². The fraction of sp³-hybridized carbons (Fsp3) is 0.857. The maximum absolute atomic E-state index is 10.3. The molecule has 0 N–H and O–H groups in total. The van der Waals surface area contributed by atoms with Gasteiger partial charge in [0, 0.05) is 5.92 Å². The van der Waals surface area contributed by atoms with Gasteiger partial charge in [-0.1, -0.05) is 0 Å². The van der Waals surface area contributed by atoms with Crippen LogP contribution in [0.25, 0.3) is 0 Å². The Hall–Kier alpha value is -0.370. The second-order valence-electron chi connectivity index (χ2n) is 2.92. The SMILES string of the molecule is O=CC1CCC2OC2C1. The van der Waals surface area contributed by atoms with Crippen LogP contribution in [-0.2, 0) is 9.53 Å². The average molecular weight is 126 g/mol. The van der Waals surface area contributed by atoms with Crippen molar-refractivity contribution in [3.05, 3.63) is 0 Å². The van der Waals surface area contributed by atoms with Crippen LogP contribution in [-0.4, -0.2) is 18.5 Å². The molecule has 1 aliphatic heterocycles. The molecule has 0 amide bonds. The summed E-state index contributed by atoms with van der Waals surface area (Å²) in [7, 11) is 0. The number of epoxide rings is 1. The van der Waals surface area contributed by atoms with Crippen LogP contribution in [0.4, 0.5) is 0 Å². The molecular formula is C7H10O2. The van der Waals surface area contributed by atoms with Crippen molar-refractivity contribution >= 4 is 6.29 Å². The van der Waals surface area contributed by atoms with Gasteiger partial charge in [-0.15, -0.1) is 0 Å². The molecule has 50 valence electrons. The topological polar surface area (TPSA) is 29.6 Å². The van der Waals surface area contributed by atoms with Crippen molar-refractivity contribution in [3.8, 4) is 0 Å². The van der Waals surface area contributed by atoms with E-state index in [1.807, 2.05) is 0 Å². The summed E-state index contributed by atoms with van der Waals surface area (Å²) in [6.07, 6.45) is 5.18. The van der Waals surface area contributed by atoms with Crippen molar-refractivity contribution in [1.29, 1.82) is 0 Å². The molecule has 0 bridgehead atoms. The molecule has 3 unspecified atom stereocenters. The third-order valence-corrected chi connectivity index (χ3v) is 2.24. The Morgan fingerprint density at radius 3 is 2.89 bits per heavy atom. The zero-order chi connectivity index (χ0) is 6.27. The molecule has 1 aliphatic carbocycles. The number of fused-ring (bicyclic) bond motifs is 1. The van der Waals surface area contributed by atoms with E-state index in [9.17, 15) is 4.79 Å². The third-order valence-electron chi connectivity index (χ3n) is 2.24. The number of rotatable bonds is 1. The minimum absolute atomic E-state index is 0.300. The van der Waals surface area contributed by atoms with Crippen LogP contribution in [0.3, 0.4) is 0 Å². The normalized spacial score (nSPS) is 47.8. The first-order chi connectivity index (χ1) is 4.40. The number of hydrogen-bond acceptors (Lipinski definition) is 2. The maximum Gasteiger partial charge on any atom is 0.123 e. The third kappa shape index (κ3) is 0.874. The highest BCUT2D eigenvalue weighted by Crippen LogP contribution is 2.38. The lowest BCUT2D eigenvalue weighted by atomic mass is 9.91. The summed E-state index contributed by atoms with van der Waals surface area (Å²) in [6, 6.07) is 0. The molecular weight excluding hydrogens is 116 g/mol. The van der Waals surface area contributed by atoms with Crippen LogP contribution in [0.2, 0.25) is 0 Å². The van der Waals surface area contributed by atoms with Crippen molar-refractivity contribution in [2.75, 3.05) is 0 Å². The van der Waals surface area contributed by atoms with E-state index in [0.717, 1.165) is 25.5 Å². The van der Waals surface area contributed by atoms with Gasteiger partial charge < -0.3 is 9.53 Å². The second-order valence-corrected chi connectivity index (χ2v) is 2.92. The molecule has 1 heterocycles. The molecule has 2 nitrogen and oxygen atoms in total. The fourth-order valence-corrected chi connectivity index (χ4v) is 1.56. The van der Waals surface area contributed by atoms with Gasteiger partial charge >= 0.3 is 0 Å². The van der Waals surface area contributed by atoms with Crippen LogP contribution in [0.15, 0.2) is 0 Å². The highest BCUT2D eigenvalue weighted by molar-refractivity contribution is 5.54. The average Bonchev–Trinajstić information content (AvgIpc) is 2.64. The number of carbonyl (C=O) groups excluding carboxylic acids is 1. The van der Waals surface area contributed by atoms with Gasteiger partial charge in [0.15, 0.2) is 0 Å². The molecule has 0 spiro atoms. The largest absolute Gasteiger partial charge is 0.370 e. The Kier molecular flexibility index (Phi) is 1.09. The molecule has 1 saturated carbocycles. The van der Waals surface area contributed by atoms with Crippen molar-refractivity contribution in [2.45, 2.75) is 31.5 Å². The van der Waals surface area contributed by atoms with Crippen molar-refractivity contribution < 1.29 is 9.53 Å². The number of aldehydes is 1. The van der Waals surface area contributed by atoms with Crippen molar-refractivity contribution in [3.63, 3.8) is 0 Å². The maximum atomic E-state index is 10.3. The molecule has 3 atom stereocenters. The molecule has 2 fully saturated rings. The number of carbonyl (C=O) groups is 1. The van der Waals surface area contributed by atoms with E-state index < -0.39 is 0 Å². The summed E-state index contributed by atoms with van der Waals surface area (Å²) in [5, 5.41) is 0. The standard InChI is InChI=1S/C7H10O2/c8-4-5-1-2-6-7(3-5)9-6/h4-7H,1-3H2. The zero-order valence-electron chi connectivity index (χ0n) is 5.25. The second kappa shape index (κ2) is 1.81. The van der Waals surface area contributed by atoms with Gasteiger partial charge in [0.25, 0.3) is 0 Å². The van der Waals surface area contributed by atoms with Gasteiger partial charge in [-0.05, 0) is 19.3 Å². The molecule has 0 aromatic carbocycles. The Labute approximate surface area is 54.2 Å². The van der Waals surface area contributed by atoms with Gasteiger partial charge in [0.1, 0.15) is 6.29 Å². The summed E-state index contributed by atoms with van der Waals surface area (Å²) < 4.78 is 5.25. The summed E-state index contributed by atoms with van der Waals surface area (Å²) in [5.41, 5.74) is 0. The molecule has 0 aromatic heterocycles. The summed E-state index contributed by atoms with van der Waals surface area (Å²) in [5.74, 6) is 0.300. The van der Waals surface area contributed by atoms with E-state index >= 15 is 0 Å². The Balaban J connectivity index is 1.93. The predicted octanol–water partition coefficient (Wildman–Crippen LogP) is 0.753. The van der Waals surface area contributed by atoms with E-state index in [0.29, 0.717) is 18.1 Å². The van der Waals surface area contributed by atoms with Crippen LogP contribution in [0, 0.1) is 5.92 Å². The smallest absolute Gasteiger partial charge is 0.123 e. The first-order valence-electron chi connectivity index (χ1n) is 3.51. The van der Waals surface area contributed by atoms with E-state index in [-0.39, 0.29) is 0 Å². The first-order valence-corrected chi connectivity index (χ1v) is 3.51. The van der Waals surface area contributed by atoms with Gasteiger partial charge in [-0.2, -0.15) is 0 Å². The lowest BCUT2D eigenvalue weighted by molar-refractivity contribution is -0.111. The molecule has 9 heavy (non-hydrogen) atoms. The Morgan fingerprint density at radius 2 is 2.22 bits per heavy atom. The summed E-state index contributed by atoms with van der Waals surface area (Å²) >= 11 is 0. The highest BCUT2D eigenvalue weighted by atomic mass is 16.6. The zero-order valence-corrected chi connectivity index (χ0v) is 5.25. The molecule has 2 aliphatic rings. The number of ether oxygens (including phenoxy) is 1. The predicted molar refractivity (Wildman–Crippen MR) is 32.1 cm³/mol. The summed E-state index contributed by atoms with van der Waals surface area (Å²) in [4.78, 5) is 10.3. The van der Waals surface area contributed by atoms with Crippen LogP contribution < -0.4 is 0 Å².